The molecule has 0 amide bonds. The van der Waals surface area contributed by atoms with Crippen LogP contribution in [0.1, 0.15) is 70.6 Å². The van der Waals surface area contributed by atoms with E-state index in [-0.39, 0.29) is 0 Å². The Morgan fingerprint density at radius 3 is 1.53 bits per heavy atom. The van der Waals surface area contributed by atoms with Crippen LogP contribution in [-0.4, -0.2) is 11.6 Å². The van der Waals surface area contributed by atoms with Crippen molar-refractivity contribution in [2.24, 2.45) is 23.7 Å². The average molecular weight is 262 g/mol. The fourth-order valence-electron chi connectivity index (χ4n) is 4.43. The molecule has 4 fully saturated rings. The number of hydrogen-bond acceptors (Lipinski definition) is 2. The van der Waals surface area contributed by atoms with E-state index in [2.05, 4.69) is 0 Å². The van der Waals surface area contributed by atoms with Gasteiger partial charge in [0.05, 0.1) is 0 Å². The molecule has 0 N–H and O–H groups in total. The van der Waals surface area contributed by atoms with Crippen LogP contribution < -0.4 is 0 Å². The second-order valence-corrected chi connectivity index (χ2v) is 7.00. The van der Waals surface area contributed by atoms with Gasteiger partial charge in [-0.2, -0.15) is 0 Å². The topological polar surface area (TPSA) is 34.1 Å². The minimum absolute atomic E-state index is 0.502. The maximum absolute atomic E-state index is 11.0. The van der Waals surface area contributed by atoms with Crippen molar-refractivity contribution in [3.8, 4) is 0 Å². The molecule has 4 aliphatic rings. The minimum atomic E-state index is 0.502. The number of fused-ring (bicyclic) bond motifs is 2. The highest BCUT2D eigenvalue weighted by Gasteiger charge is 2.40. The molecule has 0 aromatic carbocycles. The Labute approximate surface area is 116 Å². The van der Waals surface area contributed by atoms with E-state index < -0.39 is 0 Å². The fraction of sp³-hybridized carbons (Fsp3) is 0.882. The summed E-state index contributed by atoms with van der Waals surface area (Å²) in [5.74, 6) is 3.72. The van der Waals surface area contributed by atoms with Crippen LogP contribution in [0.15, 0.2) is 0 Å². The van der Waals surface area contributed by atoms with Crippen LogP contribution in [0.4, 0.5) is 0 Å². The van der Waals surface area contributed by atoms with E-state index in [9.17, 15) is 9.59 Å². The quantitative estimate of drug-likeness (QED) is 0.663. The van der Waals surface area contributed by atoms with E-state index in [0.717, 1.165) is 24.7 Å². The van der Waals surface area contributed by atoms with Crippen LogP contribution in [0.2, 0.25) is 0 Å². The number of ketones is 2. The van der Waals surface area contributed by atoms with Crippen LogP contribution in [0.25, 0.3) is 0 Å². The van der Waals surface area contributed by atoms with E-state index in [4.69, 9.17) is 0 Å². The smallest absolute Gasteiger partial charge is 0.136 e. The second kappa shape index (κ2) is 5.76. The lowest BCUT2D eigenvalue weighted by Gasteiger charge is -2.38. The summed E-state index contributed by atoms with van der Waals surface area (Å²) in [5.41, 5.74) is 0. The largest absolute Gasteiger partial charge is 0.299 e. The van der Waals surface area contributed by atoms with Gasteiger partial charge in [-0.05, 0) is 37.5 Å². The molecule has 0 unspecified atom stereocenters. The first-order valence-corrected chi connectivity index (χ1v) is 8.31. The summed E-state index contributed by atoms with van der Waals surface area (Å²) in [6.07, 6.45) is 13.6. The van der Waals surface area contributed by atoms with Gasteiger partial charge in [0.1, 0.15) is 11.6 Å². The van der Waals surface area contributed by atoms with Crippen molar-refractivity contribution in [3.05, 3.63) is 0 Å². The first kappa shape index (κ1) is 13.3. The van der Waals surface area contributed by atoms with Gasteiger partial charge in [-0.1, -0.05) is 32.1 Å². The highest BCUT2D eigenvalue weighted by Crippen LogP contribution is 2.42. The van der Waals surface area contributed by atoms with Gasteiger partial charge < -0.3 is 0 Å². The molecule has 0 radical (unpaired) electrons. The third kappa shape index (κ3) is 2.78. The highest BCUT2D eigenvalue weighted by atomic mass is 16.1. The van der Waals surface area contributed by atoms with E-state index in [1.165, 1.54) is 57.8 Å². The minimum Gasteiger partial charge on any atom is -0.299 e. The van der Waals surface area contributed by atoms with Crippen molar-refractivity contribution in [1.29, 1.82) is 0 Å². The van der Waals surface area contributed by atoms with Gasteiger partial charge in [0.2, 0.25) is 0 Å². The SMILES string of the molecule is O=C1C[C@H]2CCCCC[C@@H]12.O=C1C[C@H]2CCCC[C@@H]12. The Bertz CT molecular complexity index is 360. The zero-order chi connectivity index (χ0) is 13.2. The third-order valence-corrected chi connectivity index (χ3v) is 5.82. The molecule has 0 aromatic rings. The van der Waals surface area contributed by atoms with Gasteiger partial charge in [-0.25, -0.2) is 0 Å². The molecular formula is C17H26O2. The maximum atomic E-state index is 11.0. The molecule has 19 heavy (non-hydrogen) atoms. The Morgan fingerprint density at radius 2 is 1.00 bits per heavy atom. The molecule has 4 saturated carbocycles. The molecule has 0 aliphatic heterocycles. The van der Waals surface area contributed by atoms with Crippen molar-refractivity contribution in [3.63, 3.8) is 0 Å². The zero-order valence-electron chi connectivity index (χ0n) is 11.9. The number of Topliss-reactive ketones (excluding diaryl/α,β-unsaturated/α-hetero) is 2. The monoisotopic (exact) mass is 262 g/mol. The molecule has 0 bridgehead atoms. The van der Waals surface area contributed by atoms with Gasteiger partial charge in [0.25, 0.3) is 0 Å². The molecule has 106 valence electrons. The van der Waals surface area contributed by atoms with Gasteiger partial charge >= 0.3 is 0 Å². The molecule has 0 heterocycles. The van der Waals surface area contributed by atoms with Crippen LogP contribution in [0.5, 0.6) is 0 Å². The predicted octanol–water partition coefficient (Wildman–Crippen LogP) is 3.92. The van der Waals surface area contributed by atoms with Crippen LogP contribution in [0, 0.1) is 23.7 Å². The molecule has 4 atom stereocenters. The van der Waals surface area contributed by atoms with Crippen LogP contribution >= 0.6 is 0 Å². The van der Waals surface area contributed by atoms with Crippen LogP contribution in [-0.2, 0) is 9.59 Å². The lowest BCUT2D eigenvalue weighted by molar-refractivity contribution is -0.136. The fourth-order valence-corrected chi connectivity index (χ4v) is 4.43. The lowest BCUT2D eigenvalue weighted by atomic mass is 9.65. The molecule has 4 rings (SSSR count). The standard InChI is InChI=1S/C9H14O.C8H12O/c10-9-6-7-4-2-1-3-5-8(7)9;9-8-5-6-3-1-2-4-7(6)8/h7-8H,1-6H2;6-7H,1-5H2/t7-,8-;6-,7-/m11/s1. The summed E-state index contributed by atoms with van der Waals surface area (Å²) in [7, 11) is 0. The second-order valence-electron chi connectivity index (χ2n) is 7.00. The molecule has 2 nitrogen and oxygen atoms in total. The molecule has 0 aromatic heterocycles. The van der Waals surface area contributed by atoms with Crippen molar-refractivity contribution < 1.29 is 9.59 Å². The zero-order valence-corrected chi connectivity index (χ0v) is 11.9. The van der Waals surface area contributed by atoms with Crippen LogP contribution in [0.3, 0.4) is 0 Å². The van der Waals surface area contributed by atoms with Crippen molar-refractivity contribution >= 4 is 11.6 Å². The molecule has 0 saturated heterocycles. The van der Waals surface area contributed by atoms with Crippen molar-refractivity contribution in [2.45, 2.75) is 70.6 Å². The van der Waals surface area contributed by atoms with Gasteiger partial charge in [0.15, 0.2) is 0 Å². The summed E-state index contributed by atoms with van der Waals surface area (Å²) < 4.78 is 0. The highest BCUT2D eigenvalue weighted by molar-refractivity contribution is 5.87. The third-order valence-electron chi connectivity index (χ3n) is 5.82. The predicted molar refractivity (Wildman–Crippen MR) is 74.8 cm³/mol. The van der Waals surface area contributed by atoms with E-state index in [1.54, 1.807) is 0 Å². The normalized spacial score (nSPS) is 40.6. The maximum Gasteiger partial charge on any atom is 0.136 e. The average Bonchev–Trinajstić information content (AvgIpc) is 2.59. The van der Waals surface area contributed by atoms with Crippen molar-refractivity contribution in [1.82, 2.24) is 0 Å². The van der Waals surface area contributed by atoms with E-state index >= 15 is 0 Å². The first-order valence-electron chi connectivity index (χ1n) is 8.31. The van der Waals surface area contributed by atoms with E-state index in [1.807, 2.05) is 0 Å². The van der Waals surface area contributed by atoms with Gasteiger partial charge in [-0.15, -0.1) is 0 Å². The molecular weight excluding hydrogens is 236 g/mol. The molecule has 0 spiro atoms. The number of hydrogen-bond donors (Lipinski definition) is 0. The molecule has 2 heteroatoms. The Morgan fingerprint density at radius 1 is 0.579 bits per heavy atom. The Balaban J connectivity index is 0.000000117. The lowest BCUT2D eigenvalue weighted by Crippen LogP contribution is -2.39. The van der Waals surface area contributed by atoms with Crippen molar-refractivity contribution in [2.75, 3.05) is 0 Å². The number of rotatable bonds is 0. The Kier molecular flexibility index (Phi) is 4.04. The van der Waals surface area contributed by atoms with Gasteiger partial charge in [0, 0.05) is 24.7 Å². The summed E-state index contributed by atoms with van der Waals surface area (Å²) in [6.45, 7) is 0. The number of carbonyl (C=O) groups is 2. The van der Waals surface area contributed by atoms with Gasteiger partial charge in [-0.3, -0.25) is 9.59 Å². The molecule has 4 aliphatic carbocycles. The summed E-state index contributed by atoms with van der Waals surface area (Å²) in [4.78, 5) is 21.9. The van der Waals surface area contributed by atoms with E-state index in [0.29, 0.717) is 23.4 Å². The summed E-state index contributed by atoms with van der Waals surface area (Å²) >= 11 is 0. The Hall–Kier alpha value is -0.660. The summed E-state index contributed by atoms with van der Waals surface area (Å²) in [6, 6.07) is 0. The number of carbonyl (C=O) groups excluding carboxylic acids is 2. The first-order chi connectivity index (χ1) is 9.25. The summed E-state index contributed by atoms with van der Waals surface area (Å²) in [5, 5.41) is 0.